The van der Waals surface area contributed by atoms with Crippen LogP contribution in [0.4, 0.5) is 0 Å². The summed E-state index contributed by atoms with van der Waals surface area (Å²) in [4.78, 5) is 0. The fourth-order valence-corrected chi connectivity index (χ4v) is 4.67. The summed E-state index contributed by atoms with van der Waals surface area (Å²) in [6, 6.07) is 0. The summed E-state index contributed by atoms with van der Waals surface area (Å²) < 4.78 is 58.9. The maximum atomic E-state index is 10.9. The van der Waals surface area contributed by atoms with Gasteiger partial charge < -0.3 is 0 Å². The van der Waals surface area contributed by atoms with E-state index in [1.165, 1.54) is 38.5 Å². The molecule has 0 spiro atoms. The molecular weight excluding hydrogens is 390 g/mol. The SMILES string of the molecule is CCCCCCCCC=CCCCCCCCNC(S(=O)(=O)O)S(=O)(=O)O. The van der Waals surface area contributed by atoms with Crippen molar-refractivity contribution in [3.63, 3.8) is 0 Å². The minimum Gasteiger partial charge on any atom is -0.284 e. The summed E-state index contributed by atoms with van der Waals surface area (Å²) in [6.07, 6.45) is 19.1. The van der Waals surface area contributed by atoms with Crippen molar-refractivity contribution in [3.05, 3.63) is 12.2 Å². The molecule has 0 unspecified atom stereocenters. The van der Waals surface area contributed by atoms with Crippen molar-refractivity contribution in [1.82, 2.24) is 5.32 Å². The quantitative estimate of drug-likeness (QED) is 0.169. The Morgan fingerprint density at radius 2 is 1.11 bits per heavy atom. The second-order valence-electron chi connectivity index (χ2n) is 6.90. The Hall–Kier alpha value is -0.480. The van der Waals surface area contributed by atoms with E-state index in [0.717, 1.165) is 38.5 Å². The molecule has 0 aliphatic rings. The van der Waals surface area contributed by atoms with E-state index in [2.05, 4.69) is 24.4 Å². The van der Waals surface area contributed by atoms with Crippen molar-refractivity contribution in [1.29, 1.82) is 0 Å². The lowest BCUT2D eigenvalue weighted by molar-refractivity contribution is 0.438. The zero-order chi connectivity index (χ0) is 20.6. The Bertz CT molecular complexity index is 555. The minimum absolute atomic E-state index is 0.0857. The van der Waals surface area contributed by atoms with E-state index in [-0.39, 0.29) is 6.54 Å². The minimum atomic E-state index is -4.90. The lowest BCUT2D eigenvalue weighted by Crippen LogP contribution is -2.43. The molecule has 0 aromatic rings. The molecule has 27 heavy (non-hydrogen) atoms. The Balaban J connectivity index is 3.56. The maximum Gasteiger partial charge on any atom is 0.298 e. The largest absolute Gasteiger partial charge is 0.298 e. The summed E-state index contributed by atoms with van der Waals surface area (Å²) in [5.41, 5.74) is 0. The van der Waals surface area contributed by atoms with Gasteiger partial charge in [-0.3, -0.25) is 14.4 Å². The number of hydrogen-bond acceptors (Lipinski definition) is 5. The lowest BCUT2D eigenvalue weighted by Gasteiger charge is -2.12. The van der Waals surface area contributed by atoms with E-state index < -0.39 is 24.9 Å². The molecular formula is C18H37NO6S2. The highest BCUT2D eigenvalue weighted by molar-refractivity contribution is 8.03. The topological polar surface area (TPSA) is 121 Å². The fourth-order valence-electron chi connectivity index (χ4n) is 2.78. The molecule has 0 bridgehead atoms. The first-order valence-corrected chi connectivity index (χ1v) is 13.0. The molecule has 0 aliphatic carbocycles. The van der Waals surface area contributed by atoms with E-state index in [4.69, 9.17) is 9.11 Å². The van der Waals surface area contributed by atoms with E-state index in [1.54, 1.807) is 0 Å². The van der Waals surface area contributed by atoms with Gasteiger partial charge in [0.05, 0.1) is 0 Å². The predicted octanol–water partition coefficient (Wildman–Crippen LogP) is 4.28. The lowest BCUT2D eigenvalue weighted by atomic mass is 10.1. The zero-order valence-corrected chi connectivity index (χ0v) is 18.1. The highest BCUT2D eigenvalue weighted by Gasteiger charge is 2.34. The van der Waals surface area contributed by atoms with E-state index in [9.17, 15) is 16.8 Å². The van der Waals surface area contributed by atoms with E-state index in [0.29, 0.717) is 6.42 Å². The highest BCUT2D eigenvalue weighted by Crippen LogP contribution is 2.09. The van der Waals surface area contributed by atoms with Crippen molar-refractivity contribution < 1.29 is 25.9 Å². The standard InChI is InChI=1S/C18H37NO6S2/c1-2-3-4-5-6-7-8-9-10-11-12-13-14-15-16-17-19-18(26(20,21)22)27(23,24)25/h9-10,18-19H,2-8,11-17H2,1H3,(H,20,21,22)(H,23,24,25). The van der Waals surface area contributed by atoms with Crippen LogP contribution >= 0.6 is 0 Å². The third-order valence-corrected chi connectivity index (χ3v) is 7.17. The normalized spacial score (nSPS) is 13.0. The Morgan fingerprint density at radius 3 is 1.56 bits per heavy atom. The third-order valence-electron chi connectivity index (χ3n) is 4.29. The van der Waals surface area contributed by atoms with Crippen LogP contribution in [0.1, 0.15) is 90.4 Å². The van der Waals surface area contributed by atoms with Gasteiger partial charge in [0.25, 0.3) is 24.9 Å². The molecule has 0 aromatic heterocycles. The van der Waals surface area contributed by atoms with Crippen LogP contribution in [0.5, 0.6) is 0 Å². The van der Waals surface area contributed by atoms with Gasteiger partial charge in [0, 0.05) is 0 Å². The number of hydrogen-bond donors (Lipinski definition) is 3. The van der Waals surface area contributed by atoms with Gasteiger partial charge in [0.15, 0.2) is 0 Å². The van der Waals surface area contributed by atoms with Crippen molar-refractivity contribution in [2.45, 2.75) is 95.1 Å². The molecule has 0 radical (unpaired) electrons. The third kappa shape index (κ3) is 16.2. The van der Waals surface area contributed by atoms with Gasteiger partial charge in [-0.15, -0.1) is 0 Å². The van der Waals surface area contributed by atoms with Crippen LogP contribution in [0.15, 0.2) is 12.2 Å². The predicted molar refractivity (Wildman–Crippen MR) is 110 cm³/mol. The average Bonchev–Trinajstić information content (AvgIpc) is 2.55. The van der Waals surface area contributed by atoms with E-state index >= 15 is 0 Å². The second-order valence-corrected chi connectivity index (χ2v) is 10.2. The van der Waals surface area contributed by atoms with Gasteiger partial charge in [-0.1, -0.05) is 70.4 Å². The summed E-state index contributed by atoms with van der Waals surface area (Å²) in [7, 11) is -9.80. The van der Waals surface area contributed by atoms with Gasteiger partial charge in [0.2, 0.25) is 0 Å². The van der Waals surface area contributed by atoms with E-state index in [1.807, 2.05) is 0 Å². The smallest absolute Gasteiger partial charge is 0.284 e. The molecule has 9 heteroatoms. The summed E-state index contributed by atoms with van der Waals surface area (Å²) in [5.74, 6) is 0. The first kappa shape index (κ1) is 26.5. The van der Waals surface area contributed by atoms with Crippen molar-refractivity contribution in [3.8, 4) is 0 Å². The number of unbranched alkanes of at least 4 members (excludes halogenated alkanes) is 11. The second kappa shape index (κ2) is 15.4. The first-order valence-electron chi connectivity index (χ1n) is 10.0. The monoisotopic (exact) mass is 427 g/mol. The number of nitrogens with one attached hydrogen (secondary N) is 1. The van der Waals surface area contributed by atoms with Crippen LogP contribution in [-0.4, -0.2) is 37.2 Å². The Morgan fingerprint density at radius 1 is 0.704 bits per heavy atom. The number of rotatable bonds is 18. The molecule has 0 aromatic carbocycles. The molecule has 0 amide bonds. The highest BCUT2D eigenvalue weighted by atomic mass is 32.3. The molecule has 0 saturated heterocycles. The van der Waals surface area contributed by atoms with Crippen molar-refractivity contribution in [2.75, 3.05) is 6.54 Å². The van der Waals surface area contributed by atoms with Crippen LogP contribution in [0, 0.1) is 0 Å². The average molecular weight is 428 g/mol. The van der Waals surface area contributed by atoms with Crippen LogP contribution in [0.2, 0.25) is 0 Å². The Kier molecular flexibility index (Phi) is 15.2. The molecule has 162 valence electrons. The van der Waals surface area contributed by atoms with Gasteiger partial charge in [-0.05, 0) is 38.6 Å². The van der Waals surface area contributed by atoms with Crippen LogP contribution < -0.4 is 5.32 Å². The molecule has 7 nitrogen and oxygen atoms in total. The number of allylic oxidation sites excluding steroid dienone is 2. The summed E-state index contributed by atoms with van der Waals surface area (Å²) in [6.45, 7) is 2.31. The molecule has 0 saturated carbocycles. The van der Waals surface area contributed by atoms with Gasteiger partial charge >= 0.3 is 0 Å². The maximum absolute atomic E-state index is 10.9. The first-order chi connectivity index (χ1) is 12.7. The zero-order valence-electron chi connectivity index (χ0n) is 16.5. The fraction of sp³-hybridized carbons (Fsp3) is 0.889. The summed E-state index contributed by atoms with van der Waals surface area (Å²) in [5, 5.41) is 2.16. The molecule has 0 heterocycles. The van der Waals surface area contributed by atoms with Gasteiger partial charge in [0.1, 0.15) is 0 Å². The van der Waals surface area contributed by atoms with Crippen LogP contribution in [0.25, 0.3) is 0 Å². The van der Waals surface area contributed by atoms with Crippen molar-refractivity contribution >= 4 is 20.2 Å². The molecule has 3 N–H and O–H groups in total. The van der Waals surface area contributed by atoms with Crippen LogP contribution in [0.3, 0.4) is 0 Å². The molecule has 0 atom stereocenters. The van der Waals surface area contributed by atoms with Crippen LogP contribution in [-0.2, 0) is 20.2 Å². The van der Waals surface area contributed by atoms with Crippen molar-refractivity contribution in [2.24, 2.45) is 0 Å². The summed E-state index contributed by atoms with van der Waals surface area (Å²) >= 11 is 0. The Labute approximate surface area is 165 Å². The van der Waals surface area contributed by atoms with Gasteiger partial charge in [-0.2, -0.15) is 16.8 Å². The molecule has 0 aliphatic heterocycles. The van der Waals surface area contributed by atoms with Gasteiger partial charge in [-0.25, -0.2) is 0 Å². The molecule has 0 rings (SSSR count). The molecule has 0 fully saturated rings.